The molecule has 1 N–H and O–H groups in total. The lowest BCUT2D eigenvalue weighted by atomic mass is 10.1. The molecule has 0 aliphatic carbocycles. The first kappa shape index (κ1) is 17.6. The Morgan fingerprint density at radius 3 is 2.32 bits per heavy atom. The first-order valence-corrected chi connectivity index (χ1v) is 6.26. The number of hydrogen-bond donors (Lipinski definition) is 1. The SMILES string of the molecule is CN(C)CC(=O)NC(CCC=O)C(=O)OC(C)(C)C. The van der Waals surface area contributed by atoms with Crippen molar-refractivity contribution in [3.8, 4) is 0 Å². The van der Waals surface area contributed by atoms with Gasteiger partial charge in [-0.25, -0.2) is 4.79 Å². The maximum absolute atomic E-state index is 11.9. The molecule has 0 fully saturated rings. The summed E-state index contributed by atoms with van der Waals surface area (Å²) in [5, 5.41) is 2.59. The minimum atomic E-state index is -0.781. The molecule has 0 rings (SSSR count). The van der Waals surface area contributed by atoms with Crippen molar-refractivity contribution < 1.29 is 19.1 Å². The molecular weight excluding hydrogens is 248 g/mol. The van der Waals surface area contributed by atoms with Gasteiger partial charge in [-0.2, -0.15) is 0 Å². The summed E-state index contributed by atoms with van der Waals surface area (Å²) in [7, 11) is 3.51. The topological polar surface area (TPSA) is 75.7 Å². The van der Waals surface area contributed by atoms with Gasteiger partial charge < -0.3 is 19.7 Å². The smallest absolute Gasteiger partial charge is 0.329 e. The summed E-state index contributed by atoms with van der Waals surface area (Å²) >= 11 is 0. The first-order chi connectivity index (χ1) is 8.65. The van der Waals surface area contributed by atoms with Crippen molar-refractivity contribution in [3.63, 3.8) is 0 Å². The van der Waals surface area contributed by atoms with E-state index < -0.39 is 17.6 Å². The van der Waals surface area contributed by atoms with Gasteiger partial charge in [0.15, 0.2) is 0 Å². The summed E-state index contributed by atoms with van der Waals surface area (Å²) in [5.41, 5.74) is -0.622. The third kappa shape index (κ3) is 9.18. The van der Waals surface area contributed by atoms with Crippen LogP contribution in [0, 0.1) is 0 Å². The second kappa shape index (κ2) is 7.89. The number of ether oxygens (including phenoxy) is 1. The number of aldehydes is 1. The van der Waals surface area contributed by atoms with Crippen molar-refractivity contribution in [1.82, 2.24) is 10.2 Å². The average Bonchev–Trinajstić information content (AvgIpc) is 2.20. The summed E-state index contributed by atoms with van der Waals surface area (Å²) in [6.45, 7) is 5.44. The molecule has 1 amide bonds. The van der Waals surface area contributed by atoms with Crippen LogP contribution in [0.25, 0.3) is 0 Å². The van der Waals surface area contributed by atoms with Gasteiger partial charge in [0.2, 0.25) is 5.91 Å². The van der Waals surface area contributed by atoms with Gasteiger partial charge in [-0.15, -0.1) is 0 Å². The molecule has 1 unspecified atom stereocenters. The molecule has 0 aliphatic rings. The number of nitrogens with zero attached hydrogens (tertiary/aromatic N) is 1. The predicted molar refractivity (Wildman–Crippen MR) is 71.6 cm³/mol. The van der Waals surface area contributed by atoms with Crippen LogP contribution in [0.15, 0.2) is 0 Å². The van der Waals surface area contributed by atoms with Crippen molar-refractivity contribution >= 4 is 18.2 Å². The first-order valence-electron chi connectivity index (χ1n) is 6.26. The molecule has 6 nitrogen and oxygen atoms in total. The lowest BCUT2D eigenvalue weighted by Crippen LogP contribution is -2.46. The van der Waals surface area contributed by atoms with E-state index in [1.54, 1.807) is 39.8 Å². The molecule has 6 heteroatoms. The van der Waals surface area contributed by atoms with Crippen molar-refractivity contribution in [3.05, 3.63) is 0 Å². The number of carbonyl (C=O) groups excluding carboxylic acids is 3. The van der Waals surface area contributed by atoms with Gasteiger partial charge in [0.25, 0.3) is 0 Å². The third-order valence-electron chi connectivity index (χ3n) is 2.06. The zero-order valence-corrected chi connectivity index (χ0v) is 12.4. The molecule has 0 heterocycles. The van der Waals surface area contributed by atoms with E-state index >= 15 is 0 Å². The molecule has 0 saturated heterocycles. The van der Waals surface area contributed by atoms with E-state index in [1.165, 1.54) is 0 Å². The van der Waals surface area contributed by atoms with Crippen LogP contribution in [0.3, 0.4) is 0 Å². The molecule has 0 radical (unpaired) electrons. The lowest BCUT2D eigenvalue weighted by Gasteiger charge is -2.24. The van der Waals surface area contributed by atoms with Crippen LogP contribution in [0.4, 0.5) is 0 Å². The van der Waals surface area contributed by atoms with Crippen molar-refractivity contribution in [2.24, 2.45) is 0 Å². The number of rotatable bonds is 7. The zero-order valence-electron chi connectivity index (χ0n) is 12.4. The summed E-state index contributed by atoms with van der Waals surface area (Å²) in [5.74, 6) is -0.784. The maximum atomic E-state index is 11.9. The van der Waals surface area contributed by atoms with Gasteiger partial charge in [0, 0.05) is 6.42 Å². The maximum Gasteiger partial charge on any atom is 0.329 e. The molecule has 0 spiro atoms. The van der Waals surface area contributed by atoms with Crippen LogP contribution in [0.1, 0.15) is 33.6 Å². The summed E-state index contributed by atoms with van der Waals surface area (Å²) in [6, 6.07) is -0.781. The van der Waals surface area contributed by atoms with Gasteiger partial charge in [-0.1, -0.05) is 0 Å². The van der Waals surface area contributed by atoms with Crippen LogP contribution in [0.5, 0.6) is 0 Å². The molecule has 0 aliphatic heterocycles. The fourth-order valence-electron chi connectivity index (χ4n) is 1.38. The van der Waals surface area contributed by atoms with Crippen molar-refractivity contribution in [2.45, 2.75) is 45.3 Å². The Morgan fingerprint density at radius 1 is 1.32 bits per heavy atom. The van der Waals surface area contributed by atoms with Crippen molar-refractivity contribution in [2.75, 3.05) is 20.6 Å². The van der Waals surface area contributed by atoms with Gasteiger partial charge in [-0.05, 0) is 41.3 Å². The molecule has 0 aromatic rings. The van der Waals surface area contributed by atoms with E-state index in [4.69, 9.17) is 4.74 Å². The lowest BCUT2D eigenvalue weighted by molar-refractivity contribution is -0.158. The summed E-state index contributed by atoms with van der Waals surface area (Å²) in [6.07, 6.45) is 1.17. The van der Waals surface area contributed by atoms with Crippen molar-refractivity contribution in [1.29, 1.82) is 0 Å². The monoisotopic (exact) mass is 272 g/mol. The van der Waals surface area contributed by atoms with E-state index in [9.17, 15) is 14.4 Å². The van der Waals surface area contributed by atoms with Crippen LogP contribution in [-0.4, -0.2) is 55.3 Å². The highest BCUT2D eigenvalue weighted by Crippen LogP contribution is 2.10. The number of hydrogen-bond acceptors (Lipinski definition) is 5. The average molecular weight is 272 g/mol. The minimum absolute atomic E-state index is 0.181. The Labute approximate surface area is 114 Å². The Hall–Kier alpha value is -1.43. The number of carbonyl (C=O) groups is 3. The Balaban J connectivity index is 4.57. The van der Waals surface area contributed by atoms with Gasteiger partial charge in [-0.3, -0.25) is 4.79 Å². The van der Waals surface area contributed by atoms with E-state index in [0.717, 1.165) is 6.29 Å². The highest BCUT2D eigenvalue weighted by Gasteiger charge is 2.26. The van der Waals surface area contributed by atoms with E-state index in [0.29, 0.717) is 0 Å². The van der Waals surface area contributed by atoms with Gasteiger partial charge in [0.05, 0.1) is 6.54 Å². The zero-order chi connectivity index (χ0) is 15.1. The quantitative estimate of drug-likeness (QED) is 0.535. The minimum Gasteiger partial charge on any atom is -0.458 e. The molecule has 0 aromatic heterocycles. The Morgan fingerprint density at radius 2 is 1.89 bits per heavy atom. The van der Waals surface area contributed by atoms with Gasteiger partial charge >= 0.3 is 5.97 Å². The molecular formula is C13H24N2O4. The second-order valence-corrected chi connectivity index (χ2v) is 5.64. The molecule has 0 saturated carbocycles. The molecule has 0 aromatic carbocycles. The number of nitrogens with one attached hydrogen (secondary N) is 1. The number of esters is 1. The molecule has 1 atom stereocenters. The predicted octanol–water partition coefficient (Wildman–Crippen LogP) is 0.354. The fraction of sp³-hybridized carbons (Fsp3) is 0.769. The Bertz CT molecular complexity index is 321. The van der Waals surface area contributed by atoms with Crippen LogP contribution >= 0.6 is 0 Å². The van der Waals surface area contributed by atoms with Crippen LogP contribution < -0.4 is 5.32 Å². The number of likely N-dealkylation sites (N-methyl/N-ethyl adjacent to an activating group) is 1. The number of amides is 1. The highest BCUT2D eigenvalue weighted by atomic mass is 16.6. The molecule has 110 valence electrons. The standard InChI is InChI=1S/C13H24N2O4/c1-13(2,3)19-12(18)10(7-6-8-16)14-11(17)9-15(4)5/h8,10H,6-7,9H2,1-5H3,(H,14,17). The largest absolute Gasteiger partial charge is 0.458 e. The van der Waals surface area contributed by atoms with E-state index in [1.807, 2.05) is 0 Å². The third-order valence-corrected chi connectivity index (χ3v) is 2.06. The van der Waals surface area contributed by atoms with Crippen LogP contribution in [0.2, 0.25) is 0 Å². The normalized spacial score (nSPS) is 12.9. The second-order valence-electron chi connectivity index (χ2n) is 5.64. The summed E-state index contributed by atoms with van der Waals surface area (Å²) < 4.78 is 5.22. The van der Waals surface area contributed by atoms with Gasteiger partial charge in [0.1, 0.15) is 17.9 Å². The van der Waals surface area contributed by atoms with Crippen LogP contribution in [-0.2, 0) is 19.1 Å². The Kier molecular flexibility index (Phi) is 7.29. The molecule has 19 heavy (non-hydrogen) atoms. The highest BCUT2D eigenvalue weighted by molar-refractivity contribution is 5.85. The van der Waals surface area contributed by atoms with E-state index in [2.05, 4.69) is 5.32 Å². The van der Waals surface area contributed by atoms with E-state index in [-0.39, 0.29) is 25.3 Å². The fourth-order valence-corrected chi connectivity index (χ4v) is 1.38. The summed E-state index contributed by atoms with van der Waals surface area (Å²) in [4.78, 5) is 35.7. The molecule has 0 bridgehead atoms.